The van der Waals surface area contributed by atoms with Gasteiger partial charge in [0, 0.05) is 22.3 Å². The highest BCUT2D eigenvalue weighted by atomic mass is 35.5. The van der Waals surface area contributed by atoms with E-state index in [0.717, 1.165) is 5.56 Å². The van der Waals surface area contributed by atoms with Crippen LogP contribution in [0.3, 0.4) is 0 Å². The van der Waals surface area contributed by atoms with E-state index in [0.29, 0.717) is 17.9 Å². The largest absolute Gasteiger partial charge is 0.431 e. The lowest BCUT2D eigenvalue weighted by molar-refractivity contribution is -0.0894. The lowest BCUT2D eigenvalue weighted by atomic mass is 10.0. The number of carbonyl (C=O) groups excluding carboxylic acids is 1. The predicted molar refractivity (Wildman–Crippen MR) is 101 cm³/mol. The van der Waals surface area contributed by atoms with E-state index < -0.39 is 11.9 Å². The maximum Gasteiger partial charge on any atom is 0.431 e. The molecule has 0 aliphatic heterocycles. The molecule has 1 heterocycles. The number of aromatic nitrogens is 1. The Kier molecular flexibility index (Phi) is 5.56. The molecule has 0 saturated heterocycles. The van der Waals surface area contributed by atoms with E-state index in [1.54, 1.807) is 30.3 Å². The van der Waals surface area contributed by atoms with Gasteiger partial charge in [0.25, 0.3) is 0 Å². The topological polar surface area (TPSA) is 55.1 Å². The number of hydrogen-bond donors (Lipinski definition) is 1. The number of aldehydes is 1. The molecule has 144 valence electrons. The van der Waals surface area contributed by atoms with Gasteiger partial charge in [0.2, 0.25) is 0 Å². The molecule has 3 rings (SSSR count). The summed E-state index contributed by atoms with van der Waals surface area (Å²) in [5.41, 5.74) is 0.674. The first-order valence-corrected chi connectivity index (χ1v) is 8.49. The van der Waals surface area contributed by atoms with Crippen LogP contribution in [0.15, 0.2) is 58.8 Å². The van der Waals surface area contributed by atoms with Crippen molar-refractivity contribution < 1.29 is 22.5 Å². The number of benzene rings is 2. The van der Waals surface area contributed by atoms with Gasteiger partial charge < -0.3 is 9.84 Å². The van der Waals surface area contributed by atoms with Crippen molar-refractivity contribution in [3.8, 4) is 11.3 Å². The third-order valence-electron chi connectivity index (χ3n) is 3.88. The van der Waals surface area contributed by atoms with Crippen LogP contribution in [0.2, 0.25) is 5.02 Å². The quantitative estimate of drug-likeness (QED) is 0.518. The van der Waals surface area contributed by atoms with Crippen LogP contribution in [0.25, 0.3) is 17.3 Å². The Hall–Kier alpha value is -3.06. The van der Waals surface area contributed by atoms with Crippen LogP contribution in [-0.2, 0) is 0 Å². The lowest BCUT2D eigenvalue weighted by Gasteiger charge is -2.14. The standard InChI is InChI=1S/C20H14ClF3N2O2/c1-12-5-7-13(8-6-12)19-16(11-27)17(28-26-19)10-18(20(22,23)24)25-15-4-2-3-14(21)9-15/h2-11,25H,1H3/b18-10+. The highest BCUT2D eigenvalue weighted by Gasteiger charge is 2.35. The number of hydrogen-bond acceptors (Lipinski definition) is 4. The Morgan fingerprint density at radius 2 is 1.89 bits per heavy atom. The average Bonchev–Trinajstić information content (AvgIpc) is 3.04. The molecular weight excluding hydrogens is 393 g/mol. The summed E-state index contributed by atoms with van der Waals surface area (Å²) in [7, 11) is 0. The number of anilines is 1. The second-order valence-corrected chi connectivity index (χ2v) is 6.42. The van der Waals surface area contributed by atoms with Gasteiger partial charge in [-0.2, -0.15) is 13.2 Å². The van der Waals surface area contributed by atoms with E-state index in [-0.39, 0.29) is 27.7 Å². The maximum atomic E-state index is 13.5. The summed E-state index contributed by atoms with van der Waals surface area (Å²) in [6.45, 7) is 1.89. The summed E-state index contributed by atoms with van der Waals surface area (Å²) in [4.78, 5) is 11.5. The smallest absolute Gasteiger partial charge is 0.355 e. The molecule has 28 heavy (non-hydrogen) atoms. The van der Waals surface area contributed by atoms with Crippen molar-refractivity contribution in [2.24, 2.45) is 0 Å². The monoisotopic (exact) mass is 406 g/mol. The van der Waals surface area contributed by atoms with Gasteiger partial charge in [-0.15, -0.1) is 0 Å². The molecule has 0 radical (unpaired) electrons. The van der Waals surface area contributed by atoms with Gasteiger partial charge in [-0.1, -0.05) is 52.7 Å². The second kappa shape index (κ2) is 7.90. The predicted octanol–water partition coefficient (Wildman–Crippen LogP) is 6.13. The fourth-order valence-corrected chi connectivity index (χ4v) is 2.68. The number of halogens is 4. The van der Waals surface area contributed by atoms with Crippen LogP contribution in [0, 0.1) is 6.92 Å². The highest BCUT2D eigenvalue weighted by Crippen LogP contribution is 2.32. The zero-order valence-electron chi connectivity index (χ0n) is 14.5. The Labute approximate surface area is 163 Å². The number of carbonyl (C=O) groups is 1. The second-order valence-electron chi connectivity index (χ2n) is 5.98. The zero-order valence-corrected chi connectivity index (χ0v) is 15.3. The molecule has 2 aromatic carbocycles. The molecule has 0 amide bonds. The Morgan fingerprint density at radius 3 is 2.50 bits per heavy atom. The van der Waals surface area contributed by atoms with Crippen LogP contribution < -0.4 is 5.32 Å². The summed E-state index contributed by atoms with van der Waals surface area (Å²) >= 11 is 5.82. The van der Waals surface area contributed by atoms with Crippen LogP contribution in [-0.4, -0.2) is 17.6 Å². The molecule has 0 atom stereocenters. The van der Waals surface area contributed by atoms with Crippen molar-refractivity contribution in [1.29, 1.82) is 0 Å². The minimum atomic E-state index is -4.72. The molecule has 0 fully saturated rings. The van der Waals surface area contributed by atoms with Gasteiger partial charge in [-0.05, 0) is 25.1 Å². The molecule has 4 nitrogen and oxygen atoms in total. The van der Waals surface area contributed by atoms with Crippen LogP contribution in [0.4, 0.5) is 18.9 Å². The summed E-state index contributed by atoms with van der Waals surface area (Å²) in [6, 6.07) is 12.9. The fraction of sp³-hybridized carbons (Fsp3) is 0.100. The molecular formula is C20H14ClF3N2O2. The molecule has 0 aliphatic rings. The summed E-state index contributed by atoms with van der Waals surface area (Å²) in [6.07, 6.45) is -3.60. The summed E-state index contributed by atoms with van der Waals surface area (Å²) in [5.74, 6) is -0.299. The molecule has 8 heteroatoms. The minimum Gasteiger partial charge on any atom is -0.355 e. The molecule has 0 spiro atoms. The van der Waals surface area contributed by atoms with Gasteiger partial charge in [0.05, 0.1) is 5.56 Å². The molecule has 0 unspecified atom stereocenters. The molecule has 0 saturated carbocycles. The first-order valence-electron chi connectivity index (χ1n) is 8.11. The number of nitrogens with one attached hydrogen (secondary N) is 1. The van der Waals surface area contributed by atoms with Crippen molar-refractivity contribution in [3.05, 3.63) is 76.1 Å². The van der Waals surface area contributed by atoms with Gasteiger partial charge in [0.1, 0.15) is 11.4 Å². The maximum absolute atomic E-state index is 13.5. The minimum absolute atomic E-state index is 0.0708. The van der Waals surface area contributed by atoms with Crippen molar-refractivity contribution in [3.63, 3.8) is 0 Å². The van der Waals surface area contributed by atoms with E-state index in [1.165, 1.54) is 18.2 Å². The van der Waals surface area contributed by atoms with Gasteiger partial charge >= 0.3 is 6.18 Å². The third-order valence-corrected chi connectivity index (χ3v) is 4.12. The van der Waals surface area contributed by atoms with E-state index in [1.807, 2.05) is 6.92 Å². The summed E-state index contributed by atoms with van der Waals surface area (Å²) < 4.78 is 45.5. The van der Waals surface area contributed by atoms with E-state index >= 15 is 0 Å². The molecule has 0 aliphatic carbocycles. The lowest BCUT2D eigenvalue weighted by Crippen LogP contribution is -2.19. The molecule has 1 aromatic heterocycles. The van der Waals surface area contributed by atoms with Crippen molar-refractivity contribution in [1.82, 2.24) is 5.16 Å². The van der Waals surface area contributed by atoms with Crippen molar-refractivity contribution in [2.75, 3.05) is 5.32 Å². The highest BCUT2D eigenvalue weighted by molar-refractivity contribution is 6.30. The van der Waals surface area contributed by atoms with Crippen LogP contribution >= 0.6 is 11.6 Å². The SMILES string of the molecule is Cc1ccc(-c2noc(/C=C(/Nc3cccc(Cl)c3)C(F)(F)F)c2C=O)cc1. The Morgan fingerprint density at radius 1 is 1.18 bits per heavy atom. The van der Waals surface area contributed by atoms with E-state index in [2.05, 4.69) is 10.5 Å². The molecule has 1 N–H and O–H groups in total. The first-order chi connectivity index (χ1) is 13.3. The zero-order chi connectivity index (χ0) is 20.3. The van der Waals surface area contributed by atoms with E-state index in [4.69, 9.17) is 16.1 Å². The van der Waals surface area contributed by atoms with Gasteiger partial charge in [-0.25, -0.2) is 0 Å². The number of nitrogens with zero attached hydrogens (tertiary/aromatic N) is 1. The van der Waals surface area contributed by atoms with Gasteiger partial charge in [-0.3, -0.25) is 4.79 Å². The Balaban J connectivity index is 2.03. The molecule has 0 bridgehead atoms. The van der Waals surface area contributed by atoms with Crippen molar-refractivity contribution in [2.45, 2.75) is 13.1 Å². The van der Waals surface area contributed by atoms with Crippen molar-refractivity contribution >= 4 is 29.7 Å². The average molecular weight is 407 g/mol. The summed E-state index contributed by atoms with van der Waals surface area (Å²) in [5, 5.41) is 6.32. The van der Waals surface area contributed by atoms with E-state index in [9.17, 15) is 18.0 Å². The number of allylic oxidation sites excluding steroid dienone is 1. The number of rotatable bonds is 5. The normalized spacial score (nSPS) is 12.1. The first kappa shape index (κ1) is 19.7. The number of aryl methyl sites for hydroxylation is 1. The van der Waals surface area contributed by atoms with Gasteiger partial charge in [0.15, 0.2) is 12.0 Å². The van der Waals surface area contributed by atoms with Crippen LogP contribution in [0.1, 0.15) is 21.7 Å². The third kappa shape index (κ3) is 4.43. The number of alkyl halides is 3. The Bertz CT molecular complexity index is 1020. The fourth-order valence-electron chi connectivity index (χ4n) is 2.49. The molecule has 3 aromatic rings. The van der Waals surface area contributed by atoms with Crippen LogP contribution in [0.5, 0.6) is 0 Å².